The molecule has 0 fully saturated rings. The minimum absolute atomic E-state index is 0.0220. The zero-order valence-corrected chi connectivity index (χ0v) is 8.78. The van der Waals surface area contributed by atoms with Crippen LogP contribution < -0.4 is 0 Å². The molecule has 4 heteroatoms. The van der Waals surface area contributed by atoms with Gasteiger partial charge in [0.1, 0.15) is 10.8 Å². The molecule has 0 unspecified atom stereocenters. The third-order valence-electron chi connectivity index (χ3n) is 2.23. The van der Waals surface area contributed by atoms with E-state index in [0.717, 1.165) is 5.56 Å². The Kier molecular flexibility index (Phi) is 2.05. The number of ketones is 1. The maximum Gasteiger partial charge on any atom is 0.210 e. The molecular weight excluding hydrogens is 223 g/mol. The lowest BCUT2D eigenvalue weighted by atomic mass is 10.0. The minimum atomic E-state index is -0.409. The maximum atomic E-state index is 11.5. The molecule has 0 atom stereocenters. The Hall–Kier alpha value is -0.990. The number of carbonyl (C=O) groups excluding carboxylic acids is 1. The fourth-order valence-electron chi connectivity index (χ4n) is 1.53. The van der Waals surface area contributed by atoms with Crippen LogP contribution >= 0.6 is 23.2 Å². The fraction of sp³-hybridized carbons (Fsp3) is 0.100. The highest BCUT2D eigenvalue weighted by molar-refractivity contribution is 6.64. The summed E-state index contributed by atoms with van der Waals surface area (Å²) >= 11 is 11.6. The van der Waals surface area contributed by atoms with Crippen LogP contribution in [-0.4, -0.2) is 10.9 Å². The van der Waals surface area contributed by atoms with Gasteiger partial charge in [0.05, 0.1) is 10.6 Å². The van der Waals surface area contributed by atoms with Crippen molar-refractivity contribution in [3.63, 3.8) is 0 Å². The minimum Gasteiger partial charge on any atom is -0.507 e. The highest BCUT2D eigenvalue weighted by Gasteiger charge is 2.31. The summed E-state index contributed by atoms with van der Waals surface area (Å²) in [6.45, 7) is 1.81. The molecule has 0 saturated heterocycles. The monoisotopic (exact) mass is 228 g/mol. The van der Waals surface area contributed by atoms with Gasteiger partial charge in [-0.3, -0.25) is 4.79 Å². The van der Waals surface area contributed by atoms with Crippen molar-refractivity contribution >= 4 is 34.0 Å². The number of hydrogen-bond acceptors (Lipinski definition) is 2. The average molecular weight is 229 g/mol. The number of phenolic OH excluding ortho intramolecular Hbond substituents is 1. The molecule has 2 rings (SSSR count). The van der Waals surface area contributed by atoms with Gasteiger partial charge in [-0.2, -0.15) is 0 Å². The lowest BCUT2D eigenvalue weighted by Crippen LogP contribution is -1.96. The SMILES string of the molecule is Cc1ccc(O)c2c1C(Cl)=C(Cl)C2=O. The van der Waals surface area contributed by atoms with Crippen molar-refractivity contribution in [3.8, 4) is 5.75 Å². The van der Waals surface area contributed by atoms with Gasteiger partial charge >= 0.3 is 0 Å². The Morgan fingerprint density at radius 1 is 1.14 bits per heavy atom. The number of rotatable bonds is 0. The van der Waals surface area contributed by atoms with E-state index in [-0.39, 0.29) is 21.4 Å². The number of benzene rings is 1. The Morgan fingerprint density at radius 2 is 1.79 bits per heavy atom. The molecule has 0 saturated carbocycles. The average Bonchev–Trinajstić information content (AvgIpc) is 2.38. The standard InChI is InChI=1S/C10H6Cl2O2/c1-4-2-3-5(13)7-6(4)8(11)9(12)10(7)14/h2-3,13H,1H3. The number of fused-ring (bicyclic) bond motifs is 1. The molecule has 0 bridgehead atoms. The van der Waals surface area contributed by atoms with E-state index < -0.39 is 5.78 Å². The Bertz CT molecular complexity index is 475. The molecule has 72 valence electrons. The summed E-state index contributed by atoms with van der Waals surface area (Å²) in [5.41, 5.74) is 1.58. The van der Waals surface area contributed by atoms with Gasteiger partial charge in [-0.1, -0.05) is 29.3 Å². The summed E-state index contributed by atoms with van der Waals surface area (Å²) in [6.07, 6.45) is 0. The fourth-order valence-corrected chi connectivity index (χ4v) is 2.05. The van der Waals surface area contributed by atoms with Crippen molar-refractivity contribution in [2.24, 2.45) is 0 Å². The van der Waals surface area contributed by atoms with E-state index in [0.29, 0.717) is 5.56 Å². The predicted molar refractivity (Wildman–Crippen MR) is 55.8 cm³/mol. The van der Waals surface area contributed by atoms with Crippen molar-refractivity contribution in [2.75, 3.05) is 0 Å². The number of phenols is 1. The molecule has 1 aliphatic carbocycles. The van der Waals surface area contributed by atoms with E-state index in [1.54, 1.807) is 6.07 Å². The second-order valence-electron chi connectivity index (χ2n) is 3.11. The van der Waals surface area contributed by atoms with E-state index in [4.69, 9.17) is 23.2 Å². The van der Waals surface area contributed by atoms with Crippen LogP contribution in [0.4, 0.5) is 0 Å². The van der Waals surface area contributed by atoms with E-state index in [9.17, 15) is 9.90 Å². The smallest absolute Gasteiger partial charge is 0.210 e. The highest BCUT2D eigenvalue weighted by Crippen LogP contribution is 2.42. The number of carbonyl (C=O) groups is 1. The number of aryl methyl sites for hydroxylation is 1. The number of allylic oxidation sites excluding steroid dienone is 1. The molecule has 0 aromatic heterocycles. The van der Waals surface area contributed by atoms with Crippen LogP contribution in [0.5, 0.6) is 5.75 Å². The number of halogens is 2. The van der Waals surface area contributed by atoms with E-state index in [1.807, 2.05) is 6.92 Å². The molecule has 14 heavy (non-hydrogen) atoms. The van der Waals surface area contributed by atoms with Crippen molar-refractivity contribution in [1.82, 2.24) is 0 Å². The number of Topliss-reactive ketones (excluding diaryl/α,β-unsaturated/α-hetero) is 1. The lowest BCUT2D eigenvalue weighted by molar-refractivity contribution is 0.104. The van der Waals surface area contributed by atoms with E-state index in [2.05, 4.69) is 0 Å². The van der Waals surface area contributed by atoms with Crippen LogP contribution in [0.3, 0.4) is 0 Å². The van der Waals surface area contributed by atoms with Crippen LogP contribution in [-0.2, 0) is 0 Å². The number of hydrogen-bond donors (Lipinski definition) is 1. The second-order valence-corrected chi connectivity index (χ2v) is 3.86. The van der Waals surface area contributed by atoms with Gasteiger partial charge in [-0.05, 0) is 18.6 Å². The van der Waals surface area contributed by atoms with Gasteiger partial charge in [-0.15, -0.1) is 0 Å². The molecule has 0 heterocycles. The van der Waals surface area contributed by atoms with Crippen molar-refractivity contribution < 1.29 is 9.90 Å². The quantitative estimate of drug-likeness (QED) is 0.742. The van der Waals surface area contributed by atoms with Gasteiger partial charge in [0, 0.05) is 5.56 Å². The van der Waals surface area contributed by atoms with Gasteiger partial charge in [0.2, 0.25) is 5.78 Å². The Labute approximate surface area is 90.8 Å². The third kappa shape index (κ3) is 1.08. The summed E-state index contributed by atoms with van der Waals surface area (Å²) in [4.78, 5) is 11.5. The zero-order chi connectivity index (χ0) is 10.5. The maximum absolute atomic E-state index is 11.5. The predicted octanol–water partition coefficient (Wildman–Crippen LogP) is 3.04. The molecule has 0 spiro atoms. The summed E-state index contributed by atoms with van der Waals surface area (Å²) in [5.74, 6) is -0.489. The van der Waals surface area contributed by atoms with Crippen LogP contribution in [0.2, 0.25) is 0 Å². The molecule has 0 radical (unpaired) electrons. The first-order chi connectivity index (χ1) is 6.54. The Morgan fingerprint density at radius 3 is 2.36 bits per heavy atom. The molecular formula is C10H6Cl2O2. The van der Waals surface area contributed by atoms with Crippen LogP contribution in [0.25, 0.3) is 5.03 Å². The van der Waals surface area contributed by atoms with E-state index in [1.165, 1.54) is 6.07 Å². The molecule has 0 amide bonds. The summed E-state index contributed by atoms with van der Waals surface area (Å²) in [5, 5.41) is 9.70. The van der Waals surface area contributed by atoms with Crippen LogP contribution in [0, 0.1) is 6.92 Å². The summed E-state index contributed by atoms with van der Waals surface area (Å²) in [7, 11) is 0. The largest absolute Gasteiger partial charge is 0.507 e. The molecule has 2 nitrogen and oxygen atoms in total. The van der Waals surface area contributed by atoms with Crippen LogP contribution in [0.1, 0.15) is 21.5 Å². The van der Waals surface area contributed by atoms with Crippen molar-refractivity contribution in [3.05, 3.63) is 33.9 Å². The van der Waals surface area contributed by atoms with Gasteiger partial charge in [0.15, 0.2) is 0 Å². The summed E-state index contributed by atoms with van der Waals surface area (Å²) in [6, 6.07) is 3.16. The van der Waals surface area contributed by atoms with Crippen molar-refractivity contribution in [1.29, 1.82) is 0 Å². The van der Waals surface area contributed by atoms with Gasteiger partial charge in [-0.25, -0.2) is 0 Å². The van der Waals surface area contributed by atoms with Gasteiger partial charge < -0.3 is 5.11 Å². The first-order valence-electron chi connectivity index (χ1n) is 3.97. The van der Waals surface area contributed by atoms with Gasteiger partial charge in [0.25, 0.3) is 0 Å². The highest BCUT2D eigenvalue weighted by atomic mass is 35.5. The molecule has 1 aromatic rings. The molecule has 0 aliphatic heterocycles. The third-order valence-corrected chi connectivity index (χ3v) is 3.07. The Balaban J connectivity index is 2.85. The number of aromatic hydroxyl groups is 1. The zero-order valence-electron chi connectivity index (χ0n) is 7.27. The molecule has 1 aliphatic rings. The van der Waals surface area contributed by atoms with Crippen LogP contribution in [0.15, 0.2) is 17.2 Å². The van der Waals surface area contributed by atoms with Crippen molar-refractivity contribution in [2.45, 2.75) is 6.92 Å². The first-order valence-corrected chi connectivity index (χ1v) is 4.72. The summed E-state index contributed by atoms with van der Waals surface area (Å²) < 4.78 is 0. The second kappa shape index (κ2) is 3.01. The van der Waals surface area contributed by atoms with E-state index >= 15 is 0 Å². The molecule has 1 N–H and O–H groups in total. The lowest BCUT2D eigenvalue weighted by Gasteiger charge is -2.04. The first kappa shape index (κ1) is 9.56. The topological polar surface area (TPSA) is 37.3 Å². The normalized spacial score (nSPS) is 14.9. The molecule has 1 aromatic carbocycles.